The fraction of sp³-hybridized carbons (Fsp3) is 0.535. The number of hydrogen-bond acceptors (Lipinski definition) is 10. The number of nitrogens with zero attached hydrogens (tertiary/aromatic N) is 5. The Morgan fingerprint density at radius 2 is 1.60 bits per heavy atom. The van der Waals surface area contributed by atoms with Crippen LogP contribution in [0.25, 0.3) is 0 Å². The van der Waals surface area contributed by atoms with Gasteiger partial charge in [0.2, 0.25) is 17.7 Å². The van der Waals surface area contributed by atoms with Crippen molar-refractivity contribution >= 4 is 52.9 Å². The van der Waals surface area contributed by atoms with Crippen molar-refractivity contribution in [1.29, 1.82) is 0 Å². The van der Waals surface area contributed by atoms with E-state index in [4.69, 9.17) is 9.47 Å². The molecular weight excluding hydrogens is 773 g/mol. The summed E-state index contributed by atoms with van der Waals surface area (Å²) in [5.41, 5.74) is 1.11. The van der Waals surface area contributed by atoms with E-state index in [1.165, 1.54) is 28.7 Å². The van der Waals surface area contributed by atoms with Gasteiger partial charge in [-0.3, -0.25) is 28.9 Å². The summed E-state index contributed by atoms with van der Waals surface area (Å²) in [7, 11) is 1.51. The number of likely N-dealkylation sites (N-methyl/N-ethyl adjacent to an activating group) is 1. The summed E-state index contributed by atoms with van der Waals surface area (Å²) in [5, 5.41) is 8.17. The molecule has 6 rings (SSSR count). The van der Waals surface area contributed by atoms with Crippen molar-refractivity contribution in [2.24, 2.45) is 10.9 Å². The molecule has 3 N–H and O–H groups in total. The van der Waals surface area contributed by atoms with Gasteiger partial charge in [-0.2, -0.15) is 0 Å². The van der Waals surface area contributed by atoms with Crippen LogP contribution in [0, 0.1) is 5.92 Å². The topological polar surface area (TPSA) is 199 Å². The highest BCUT2D eigenvalue weighted by atomic mass is 16.5. The third-order valence-electron chi connectivity index (χ3n) is 11.6. The Labute approximate surface area is 350 Å². The van der Waals surface area contributed by atoms with Crippen molar-refractivity contribution < 1.29 is 43.0 Å². The highest BCUT2D eigenvalue weighted by molar-refractivity contribution is 6.39. The second-order valence-electron chi connectivity index (χ2n) is 16.0. The van der Waals surface area contributed by atoms with Crippen LogP contribution in [0.15, 0.2) is 65.7 Å². The molecule has 17 heteroatoms. The minimum Gasteiger partial charge on any atom is -0.461 e. The molecule has 7 amide bonds. The molecule has 0 spiro atoms. The zero-order chi connectivity index (χ0) is 42.8. The lowest BCUT2D eigenvalue weighted by Gasteiger charge is -2.34. The molecule has 60 heavy (non-hydrogen) atoms. The van der Waals surface area contributed by atoms with Crippen LogP contribution in [0.4, 0.5) is 10.5 Å². The smallest absolute Gasteiger partial charge is 0.328 e. The highest BCUT2D eigenvalue weighted by Crippen LogP contribution is 2.26. The SMILES string of the molecule is C/C1=N\C(=O)[C@H](CCCN2CCOCC2)N(C)C(=O)[C@@H]2CCCN2C(=O)[C@@H](NC(=O)[C@H](Cc2ccccc2)NC(=O)Nc2ccccc2)COC(=O)[C@@H]2C[C@@H](C)CN2C1=O. The molecule has 17 nitrogen and oxygen atoms in total. The summed E-state index contributed by atoms with van der Waals surface area (Å²) in [6.07, 6.45) is 1.89. The van der Waals surface area contributed by atoms with Crippen LogP contribution in [-0.2, 0) is 44.7 Å². The van der Waals surface area contributed by atoms with Crippen LogP contribution in [0.1, 0.15) is 51.5 Å². The van der Waals surface area contributed by atoms with Gasteiger partial charge in [0, 0.05) is 45.3 Å². The predicted molar refractivity (Wildman–Crippen MR) is 221 cm³/mol. The Bertz CT molecular complexity index is 1910. The van der Waals surface area contributed by atoms with E-state index in [9.17, 15) is 33.6 Å². The number of carbonyl (C=O) groups is 7. The number of esters is 1. The van der Waals surface area contributed by atoms with Crippen molar-refractivity contribution in [3.8, 4) is 0 Å². The second-order valence-corrected chi connectivity index (χ2v) is 16.0. The summed E-state index contributed by atoms with van der Waals surface area (Å²) in [6, 6.07) is 11.3. The van der Waals surface area contributed by atoms with Gasteiger partial charge in [0.25, 0.3) is 11.8 Å². The quantitative estimate of drug-likeness (QED) is 0.296. The molecule has 2 aromatic carbocycles. The van der Waals surface area contributed by atoms with E-state index in [0.717, 1.165) is 18.7 Å². The number of nitrogens with one attached hydrogen (secondary N) is 3. The first-order valence-corrected chi connectivity index (χ1v) is 20.8. The first-order valence-electron chi connectivity index (χ1n) is 20.8. The minimum absolute atomic E-state index is 0.0596. The van der Waals surface area contributed by atoms with Crippen LogP contribution in [0.2, 0.25) is 0 Å². The molecule has 3 fully saturated rings. The number of urea groups is 1. The van der Waals surface area contributed by atoms with Gasteiger partial charge in [0.1, 0.15) is 42.5 Å². The number of ether oxygens (including phenoxy) is 2. The number of morpholine rings is 1. The Morgan fingerprint density at radius 3 is 2.32 bits per heavy atom. The Hall–Kier alpha value is -5.68. The fourth-order valence-corrected chi connectivity index (χ4v) is 8.30. The number of amides is 7. The van der Waals surface area contributed by atoms with Gasteiger partial charge in [-0.05, 0) is 69.2 Å². The first kappa shape index (κ1) is 43.9. The zero-order valence-electron chi connectivity index (χ0n) is 34.5. The number of anilines is 1. The molecule has 0 bridgehead atoms. The molecule has 2 aromatic rings. The standard InChI is InChI=1S/C43H56N8O9/c1-28-24-36-42(57)60-27-33(46-37(52)32(25-30-12-6-4-7-13-30)47-43(58)45-31-14-8-5-9-15-31)40(55)50-19-11-17-35(50)41(56)48(3)34(16-10-18-49-20-22-59-23-21-49)38(53)44-29(2)39(54)51(36)26-28/h4-9,12-15,28,32-36H,10-11,16-27H2,1-3H3,(H,46,52)(H2,45,47,58)/b44-29+/t28-,32+,33+,34+,35+,36+/m1/s1. The Morgan fingerprint density at radius 1 is 0.900 bits per heavy atom. The fourth-order valence-electron chi connectivity index (χ4n) is 8.30. The van der Waals surface area contributed by atoms with Crippen molar-refractivity contribution in [3.63, 3.8) is 0 Å². The van der Waals surface area contributed by atoms with E-state index in [0.29, 0.717) is 38.3 Å². The number of aliphatic imine (C=N–C) groups is 1. The van der Waals surface area contributed by atoms with Crippen molar-refractivity contribution in [3.05, 3.63) is 66.2 Å². The molecule has 6 atom stereocenters. The summed E-state index contributed by atoms with van der Waals surface area (Å²) >= 11 is 0. The number of hydrogen-bond donors (Lipinski definition) is 3. The Kier molecular flexibility index (Phi) is 15.0. The van der Waals surface area contributed by atoms with Crippen LogP contribution < -0.4 is 16.0 Å². The number of rotatable bonds is 10. The summed E-state index contributed by atoms with van der Waals surface area (Å²) in [6.45, 7) is 6.45. The molecule has 0 aromatic heterocycles. The van der Waals surface area contributed by atoms with Gasteiger partial charge < -0.3 is 40.1 Å². The van der Waals surface area contributed by atoms with Crippen LogP contribution >= 0.6 is 0 Å². The van der Waals surface area contributed by atoms with Gasteiger partial charge >= 0.3 is 12.0 Å². The average molecular weight is 829 g/mol. The monoisotopic (exact) mass is 828 g/mol. The number of benzene rings is 2. The summed E-state index contributed by atoms with van der Waals surface area (Å²) < 4.78 is 11.2. The zero-order valence-corrected chi connectivity index (χ0v) is 34.5. The largest absolute Gasteiger partial charge is 0.461 e. The molecule has 0 unspecified atom stereocenters. The maximum absolute atomic E-state index is 14.6. The molecule has 0 aliphatic carbocycles. The molecule has 322 valence electrons. The number of para-hydroxylation sites is 1. The van der Waals surface area contributed by atoms with Crippen LogP contribution in [-0.4, -0.2) is 157 Å². The third kappa shape index (κ3) is 11.1. The van der Waals surface area contributed by atoms with Gasteiger partial charge in [0.05, 0.1) is 13.2 Å². The lowest BCUT2D eigenvalue weighted by atomic mass is 10.0. The molecular formula is C43H56N8O9. The predicted octanol–water partition coefficient (Wildman–Crippen LogP) is 1.62. The lowest BCUT2D eigenvalue weighted by Crippen LogP contribution is -2.59. The third-order valence-corrected chi connectivity index (χ3v) is 11.6. The van der Waals surface area contributed by atoms with E-state index in [2.05, 4.69) is 25.8 Å². The van der Waals surface area contributed by atoms with Gasteiger partial charge in [-0.1, -0.05) is 55.5 Å². The van der Waals surface area contributed by atoms with Gasteiger partial charge in [0.15, 0.2) is 0 Å². The van der Waals surface area contributed by atoms with E-state index in [1.54, 1.807) is 54.6 Å². The maximum Gasteiger partial charge on any atom is 0.328 e. The number of fused-ring (bicyclic) bond motifs is 2. The molecule has 0 radical (unpaired) electrons. The normalized spacial score (nSPS) is 26.1. The van der Waals surface area contributed by atoms with Crippen molar-refractivity contribution in [2.45, 2.75) is 82.6 Å². The molecule has 4 aliphatic heterocycles. The van der Waals surface area contributed by atoms with E-state index < -0.39 is 78.4 Å². The van der Waals surface area contributed by atoms with Gasteiger partial charge in [-0.15, -0.1) is 0 Å². The molecule has 0 saturated carbocycles. The maximum atomic E-state index is 14.6. The van der Waals surface area contributed by atoms with E-state index in [1.807, 2.05) is 13.0 Å². The van der Waals surface area contributed by atoms with Crippen molar-refractivity contribution in [1.82, 2.24) is 30.2 Å². The van der Waals surface area contributed by atoms with E-state index >= 15 is 0 Å². The molecule has 4 heterocycles. The minimum atomic E-state index is -1.47. The molecule has 3 saturated heterocycles. The number of carbonyl (C=O) groups excluding carboxylic acids is 7. The molecule has 4 aliphatic rings. The second kappa shape index (κ2) is 20.5. The number of cyclic esters (lactones) is 1. The van der Waals surface area contributed by atoms with E-state index in [-0.39, 0.29) is 50.4 Å². The van der Waals surface area contributed by atoms with Crippen LogP contribution in [0.5, 0.6) is 0 Å². The van der Waals surface area contributed by atoms with Gasteiger partial charge in [-0.25, -0.2) is 14.6 Å². The summed E-state index contributed by atoms with van der Waals surface area (Å²) in [4.78, 5) is 109. The Balaban J connectivity index is 1.29. The lowest BCUT2D eigenvalue weighted by molar-refractivity contribution is -0.156. The first-order chi connectivity index (χ1) is 28.9. The van der Waals surface area contributed by atoms with Crippen molar-refractivity contribution in [2.75, 3.05) is 64.9 Å². The summed E-state index contributed by atoms with van der Waals surface area (Å²) in [5.74, 6) is -4.06. The highest BCUT2D eigenvalue weighted by Gasteiger charge is 2.44. The van der Waals surface area contributed by atoms with Crippen LogP contribution in [0.3, 0.4) is 0 Å². The average Bonchev–Trinajstić information content (AvgIpc) is 3.90.